The lowest BCUT2D eigenvalue weighted by atomic mass is 9.86. The second-order valence-electron chi connectivity index (χ2n) is 6.44. The maximum atomic E-state index is 12.6. The molecule has 0 amide bonds. The Morgan fingerprint density at radius 2 is 1.86 bits per heavy atom. The van der Waals surface area contributed by atoms with Crippen LogP contribution in [0.25, 0.3) is 0 Å². The zero-order chi connectivity index (χ0) is 15.1. The monoisotopic (exact) mass is 334 g/mol. The molecule has 0 bridgehead atoms. The van der Waals surface area contributed by atoms with Crippen LogP contribution in [0.3, 0.4) is 0 Å². The summed E-state index contributed by atoms with van der Waals surface area (Å²) in [6.45, 7) is 6.32. The highest BCUT2D eigenvalue weighted by Crippen LogP contribution is 2.40. The van der Waals surface area contributed by atoms with E-state index >= 15 is 0 Å². The molecule has 2 fully saturated rings. The lowest BCUT2D eigenvalue weighted by Crippen LogP contribution is -2.30. The number of hydrogen-bond donors (Lipinski definition) is 1. The van der Waals surface area contributed by atoms with Crippen LogP contribution in [0.15, 0.2) is 24.3 Å². The Bertz CT molecular complexity index is 495. The van der Waals surface area contributed by atoms with Crippen molar-refractivity contribution < 1.29 is 13.2 Å². The molecule has 2 unspecified atom stereocenters. The van der Waals surface area contributed by atoms with Crippen molar-refractivity contribution in [1.82, 2.24) is 10.2 Å². The fraction of sp³-hybridized carbons (Fsp3) is 0.625. The second kappa shape index (κ2) is 6.38. The molecule has 1 spiro atoms. The molecule has 0 aromatic heterocycles. The van der Waals surface area contributed by atoms with E-state index < -0.39 is 11.7 Å². The van der Waals surface area contributed by atoms with Crippen LogP contribution in [0.2, 0.25) is 0 Å². The minimum atomic E-state index is -4.25. The first-order valence-corrected chi connectivity index (χ1v) is 7.52. The molecule has 1 aromatic carbocycles. The molecular formula is C16H22ClF3N2. The SMILES string of the molecule is CC(c1ccc(C(F)(F)F)cc1)N1CCC2(CCNC2)C1.Cl. The molecule has 0 saturated carbocycles. The van der Waals surface area contributed by atoms with Crippen molar-refractivity contribution >= 4 is 12.4 Å². The maximum Gasteiger partial charge on any atom is 0.416 e. The Balaban J connectivity index is 0.00000176. The van der Waals surface area contributed by atoms with Crippen LogP contribution in [-0.2, 0) is 6.18 Å². The first-order valence-electron chi connectivity index (χ1n) is 7.52. The van der Waals surface area contributed by atoms with Crippen LogP contribution >= 0.6 is 12.4 Å². The lowest BCUT2D eigenvalue weighted by molar-refractivity contribution is -0.137. The van der Waals surface area contributed by atoms with E-state index in [2.05, 4.69) is 17.1 Å². The number of hydrogen-bond acceptors (Lipinski definition) is 2. The Morgan fingerprint density at radius 1 is 1.18 bits per heavy atom. The number of nitrogens with zero attached hydrogens (tertiary/aromatic N) is 1. The molecule has 0 aliphatic carbocycles. The van der Waals surface area contributed by atoms with Crippen LogP contribution < -0.4 is 5.32 Å². The Morgan fingerprint density at radius 3 is 2.41 bits per heavy atom. The largest absolute Gasteiger partial charge is 0.416 e. The quantitative estimate of drug-likeness (QED) is 0.883. The van der Waals surface area contributed by atoms with Crippen molar-refractivity contribution in [2.75, 3.05) is 26.2 Å². The fourth-order valence-electron chi connectivity index (χ4n) is 3.61. The minimum absolute atomic E-state index is 0. The van der Waals surface area contributed by atoms with E-state index in [1.807, 2.05) is 0 Å². The van der Waals surface area contributed by atoms with Gasteiger partial charge in [0.2, 0.25) is 0 Å². The van der Waals surface area contributed by atoms with Crippen LogP contribution in [0, 0.1) is 5.41 Å². The van der Waals surface area contributed by atoms with Crippen LogP contribution in [0.1, 0.15) is 36.9 Å². The van der Waals surface area contributed by atoms with Crippen molar-refractivity contribution in [3.05, 3.63) is 35.4 Å². The molecule has 1 aromatic rings. The number of alkyl halides is 3. The predicted octanol–water partition coefficient (Wildman–Crippen LogP) is 3.87. The standard InChI is InChI=1S/C16H21F3N2.ClH/c1-12(13-2-4-14(5-3-13)16(17,18)19)21-9-7-15(11-21)6-8-20-10-15;/h2-5,12,20H,6-11H2,1H3;1H. The number of benzene rings is 1. The molecule has 2 atom stereocenters. The number of nitrogens with one attached hydrogen (secondary N) is 1. The minimum Gasteiger partial charge on any atom is -0.316 e. The number of halogens is 4. The first-order chi connectivity index (χ1) is 9.90. The van der Waals surface area contributed by atoms with E-state index in [1.165, 1.54) is 25.0 Å². The molecule has 2 aliphatic rings. The first kappa shape index (κ1) is 17.6. The molecule has 124 valence electrons. The molecule has 2 nitrogen and oxygen atoms in total. The lowest BCUT2D eigenvalue weighted by Gasteiger charge is -2.28. The highest BCUT2D eigenvalue weighted by molar-refractivity contribution is 5.85. The molecule has 2 heterocycles. The summed E-state index contributed by atoms with van der Waals surface area (Å²) >= 11 is 0. The molecule has 0 radical (unpaired) electrons. The Kier molecular flexibility index (Phi) is 5.09. The summed E-state index contributed by atoms with van der Waals surface area (Å²) in [5, 5.41) is 3.43. The average molecular weight is 335 g/mol. The third kappa shape index (κ3) is 3.42. The van der Waals surface area contributed by atoms with Gasteiger partial charge in [-0.05, 0) is 56.0 Å². The summed E-state index contributed by atoms with van der Waals surface area (Å²) in [4.78, 5) is 2.40. The molecule has 1 N–H and O–H groups in total. The summed E-state index contributed by atoms with van der Waals surface area (Å²) < 4.78 is 37.8. The Labute approximate surface area is 135 Å². The second-order valence-corrected chi connectivity index (χ2v) is 6.44. The van der Waals surface area contributed by atoms with Crippen molar-refractivity contribution in [2.45, 2.75) is 32.0 Å². The van der Waals surface area contributed by atoms with E-state index in [1.54, 1.807) is 12.1 Å². The maximum absolute atomic E-state index is 12.6. The van der Waals surface area contributed by atoms with E-state index in [4.69, 9.17) is 0 Å². The fourth-order valence-corrected chi connectivity index (χ4v) is 3.61. The smallest absolute Gasteiger partial charge is 0.316 e. The van der Waals surface area contributed by atoms with Crippen molar-refractivity contribution in [3.63, 3.8) is 0 Å². The van der Waals surface area contributed by atoms with Gasteiger partial charge in [0, 0.05) is 19.1 Å². The zero-order valence-corrected chi connectivity index (χ0v) is 13.4. The molecule has 2 aliphatic heterocycles. The van der Waals surface area contributed by atoms with Crippen molar-refractivity contribution in [2.24, 2.45) is 5.41 Å². The van der Waals surface area contributed by atoms with Gasteiger partial charge in [-0.15, -0.1) is 12.4 Å². The molecule has 3 rings (SSSR count). The van der Waals surface area contributed by atoms with Gasteiger partial charge in [0.25, 0.3) is 0 Å². The van der Waals surface area contributed by atoms with Gasteiger partial charge in [-0.25, -0.2) is 0 Å². The van der Waals surface area contributed by atoms with Crippen LogP contribution in [0.5, 0.6) is 0 Å². The van der Waals surface area contributed by atoms with Gasteiger partial charge in [-0.2, -0.15) is 13.2 Å². The number of likely N-dealkylation sites (tertiary alicyclic amines) is 1. The van der Waals surface area contributed by atoms with Gasteiger partial charge in [0.05, 0.1) is 5.56 Å². The van der Waals surface area contributed by atoms with Gasteiger partial charge in [-0.3, -0.25) is 4.90 Å². The van der Waals surface area contributed by atoms with Gasteiger partial charge in [0.1, 0.15) is 0 Å². The molecule has 6 heteroatoms. The normalized spacial score (nSPS) is 27.1. The summed E-state index contributed by atoms with van der Waals surface area (Å²) in [6.07, 6.45) is -1.86. The van der Waals surface area contributed by atoms with Gasteiger partial charge in [0.15, 0.2) is 0 Å². The Hall–Kier alpha value is -0.780. The summed E-state index contributed by atoms with van der Waals surface area (Å²) in [7, 11) is 0. The topological polar surface area (TPSA) is 15.3 Å². The highest BCUT2D eigenvalue weighted by atomic mass is 35.5. The number of rotatable bonds is 2. The van der Waals surface area contributed by atoms with Gasteiger partial charge < -0.3 is 5.32 Å². The van der Waals surface area contributed by atoms with E-state index in [0.717, 1.165) is 31.7 Å². The summed E-state index contributed by atoms with van der Waals surface area (Å²) in [5.41, 5.74) is 0.780. The third-order valence-corrected chi connectivity index (χ3v) is 5.07. The molecule has 22 heavy (non-hydrogen) atoms. The average Bonchev–Trinajstić information content (AvgIpc) is 3.08. The summed E-state index contributed by atoms with van der Waals surface area (Å²) in [6, 6.07) is 5.78. The van der Waals surface area contributed by atoms with E-state index in [9.17, 15) is 13.2 Å². The van der Waals surface area contributed by atoms with Gasteiger partial charge in [-0.1, -0.05) is 12.1 Å². The van der Waals surface area contributed by atoms with E-state index in [-0.39, 0.29) is 18.4 Å². The zero-order valence-electron chi connectivity index (χ0n) is 12.6. The van der Waals surface area contributed by atoms with Crippen molar-refractivity contribution in [3.8, 4) is 0 Å². The highest BCUT2D eigenvalue weighted by Gasteiger charge is 2.41. The third-order valence-electron chi connectivity index (χ3n) is 5.07. The van der Waals surface area contributed by atoms with E-state index in [0.29, 0.717) is 5.41 Å². The molecule has 2 saturated heterocycles. The van der Waals surface area contributed by atoms with Gasteiger partial charge >= 0.3 is 6.18 Å². The van der Waals surface area contributed by atoms with Crippen LogP contribution in [-0.4, -0.2) is 31.1 Å². The predicted molar refractivity (Wildman–Crippen MR) is 83.2 cm³/mol. The van der Waals surface area contributed by atoms with Crippen molar-refractivity contribution in [1.29, 1.82) is 0 Å². The summed E-state index contributed by atoms with van der Waals surface area (Å²) in [5.74, 6) is 0. The van der Waals surface area contributed by atoms with Crippen LogP contribution in [0.4, 0.5) is 13.2 Å². The molecular weight excluding hydrogens is 313 g/mol.